The molecule has 56 heavy (non-hydrogen) atoms. The molecular formula is C45H74NO9P. The molecule has 0 aromatic rings. The number of hydrogen-bond acceptors (Lipinski definition) is 9. The Balaban J connectivity index is 4.40. The summed E-state index contributed by atoms with van der Waals surface area (Å²) in [5, 5.41) is 9.83. The normalized spacial score (nSPS) is 14.9. The average Bonchev–Trinajstić information content (AvgIpc) is 3.18. The fourth-order valence-corrected chi connectivity index (χ4v) is 5.71. The zero-order valence-electron chi connectivity index (χ0n) is 34.4. The number of carbonyl (C=O) groups is 2. The molecule has 0 spiro atoms. The fourth-order valence-electron chi connectivity index (χ4n) is 4.95. The van der Waals surface area contributed by atoms with E-state index in [4.69, 9.17) is 24.3 Å². The van der Waals surface area contributed by atoms with Crippen molar-refractivity contribution in [2.45, 2.75) is 148 Å². The molecule has 4 N–H and O–H groups in total. The molecule has 0 aliphatic carbocycles. The van der Waals surface area contributed by atoms with Crippen LogP contribution in [0.15, 0.2) is 97.2 Å². The highest BCUT2D eigenvalue weighted by molar-refractivity contribution is 7.47. The Morgan fingerprint density at radius 2 is 1.23 bits per heavy atom. The maximum absolute atomic E-state index is 12.5. The third-order valence-corrected chi connectivity index (χ3v) is 9.03. The summed E-state index contributed by atoms with van der Waals surface area (Å²) in [6.07, 6.45) is 47.8. The smallest absolute Gasteiger partial charge is 0.462 e. The third kappa shape index (κ3) is 39.1. The van der Waals surface area contributed by atoms with E-state index in [0.717, 1.165) is 64.2 Å². The highest BCUT2D eigenvalue weighted by Crippen LogP contribution is 2.43. The molecule has 0 fully saturated rings. The number of nitrogens with two attached hydrogens (primary N) is 1. The van der Waals surface area contributed by atoms with Crippen LogP contribution in [0.4, 0.5) is 0 Å². The van der Waals surface area contributed by atoms with Gasteiger partial charge in [0.15, 0.2) is 6.10 Å². The van der Waals surface area contributed by atoms with E-state index >= 15 is 0 Å². The summed E-state index contributed by atoms with van der Waals surface area (Å²) in [7, 11) is -4.41. The number of phosphoric acid groups is 1. The molecule has 0 aliphatic rings. The van der Waals surface area contributed by atoms with E-state index in [1.807, 2.05) is 48.6 Å². The maximum atomic E-state index is 12.5. The van der Waals surface area contributed by atoms with Crippen molar-refractivity contribution >= 4 is 19.8 Å². The molecule has 0 radical (unpaired) electrons. The van der Waals surface area contributed by atoms with Crippen LogP contribution in [0, 0.1) is 0 Å². The monoisotopic (exact) mass is 804 g/mol. The van der Waals surface area contributed by atoms with Crippen LogP contribution in [0.5, 0.6) is 0 Å². The molecule has 10 nitrogen and oxygen atoms in total. The van der Waals surface area contributed by atoms with E-state index in [1.54, 1.807) is 6.08 Å². The van der Waals surface area contributed by atoms with E-state index < -0.39 is 38.6 Å². The lowest BCUT2D eigenvalue weighted by atomic mass is 10.1. The van der Waals surface area contributed by atoms with Gasteiger partial charge >= 0.3 is 19.8 Å². The first kappa shape index (κ1) is 52.9. The third-order valence-electron chi connectivity index (χ3n) is 8.05. The highest BCUT2D eigenvalue weighted by atomic mass is 31.2. The zero-order valence-corrected chi connectivity index (χ0v) is 35.3. The van der Waals surface area contributed by atoms with Crippen molar-refractivity contribution in [3.05, 3.63) is 97.2 Å². The van der Waals surface area contributed by atoms with Gasteiger partial charge in [-0.1, -0.05) is 143 Å². The van der Waals surface area contributed by atoms with Gasteiger partial charge in [-0.2, -0.15) is 0 Å². The van der Waals surface area contributed by atoms with Crippen molar-refractivity contribution in [3.63, 3.8) is 0 Å². The molecule has 0 amide bonds. The van der Waals surface area contributed by atoms with Crippen LogP contribution in [0.1, 0.15) is 136 Å². The highest BCUT2D eigenvalue weighted by Gasteiger charge is 2.25. The van der Waals surface area contributed by atoms with E-state index in [9.17, 15) is 24.2 Å². The fraction of sp³-hybridized carbons (Fsp3) is 0.600. The van der Waals surface area contributed by atoms with Crippen molar-refractivity contribution in [3.8, 4) is 0 Å². The van der Waals surface area contributed by atoms with Gasteiger partial charge in [-0.05, 0) is 77.0 Å². The van der Waals surface area contributed by atoms with E-state index in [1.165, 1.54) is 25.7 Å². The van der Waals surface area contributed by atoms with Crippen molar-refractivity contribution in [2.75, 3.05) is 26.4 Å². The molecule has 318 valence electrons. The number of aliphatic hydroxyl groups is 1. The predicted molar refractivity (Wildman–Crippen MR) is 230 cm³/mol. The standard InChI is InChI=1S/C45H74NO9P/c1-3-5-7-8-9-10-11-12-13-16-19-22-25-28-32-36-44(48)52-40-43(41-54-56(50,51)53-39-38-46)55-45(49)37-33-29-26-23-20-17-14-15-18-21-24-27-31-35-42(47)34-30-6-4-2/h6,9-10,12-13,15,17-18,20,24,26-27,29-31,35,42-43,47H,3-5,7-8,11,14,16,19,21-23,25,28,32-34,36-41,46H2,1-2H3,(H,50,51)/b10-9-,13-12-,18-15-,20-17-,27-24+,29-26-,30-6-,35-31+/t42?,43-/m1/s1. The van der Waals surface area contributed by atoms with Gasteiger partial charge in [0, 0.05) is 19.4 Å². The van der Waals surface area contributed by atoms with Crippen LogP contribution in [0.25, 0.3) is 0 Å². The van der Waals surface area contributed by atoms with Gasteiger partial charge in [-0.25, -0.2) is 4.57 Å². The van der Waals surface area contributed by atoms with Gasteiger partial charge in [0.1, 0.15) is 6.61 Å². The largest absolute Gasteiger partial charge is 0.472 e. The van der Waals surface area contributed by atoms with Gasteiger partial charge < -0.3 is 25.2 Å². The second kappa shape index (κ2) is 40.1. The van der Waals surface area contributed by atoms with Crippen molar-refractivity contribution in [2.24, 2.45) is 5.73 Å². The second-order valence-corrected chi connectivity index (χ2v) is 14.8. The number of carbonyl (C=O) groups excluding carboxylic acids is 2. The van der Waals surface area contributed by atoms with Gasteiger partial charge in [-0.3, -0.25) is 18.6 Å². The Kier molecular flexibility index (Phi) is 37.9. The number of esters is 2. The van der Waals surface area contributed by atoms with Crippen LogP contribution in [-0.2, 0) is 32.7 Å². The van der Waals surface area contributed by atoms with Gasteiger partial charge in [0.25, 0.3) is 0 Å². The van der Waals surface area contributed by atoms with E-state index in [-0.39, 0.29) is 32.6 Å². The molecule has 3 atom stereocenters. The number of hydrogen-bond donors (Lipinski definition) is 3. The van der Waals surface area contributed by atoms with Crippen molar-refractivity contribution in [1.29, 1.82) is 0 Å². The summed E-state index contributed by atoms with van der Waals surface area (Å²) < 4.78 is 32.6. The molecule has 0 bridgehead atoms. The summed E-state index contributed by atoms with van der Waals surface area (Å²) in [5.41, 5.74) is 5.33. The topological polar surface area (TPSA) is 155 Å². The minimum absolute atomic E-state index is 0.0279. The second-order valence-electron chi connectivity index (χ2n) is 13.3. The van der Waals surface area contributed by atoms with Crippen LogP contribution >= 0.6 is 7.82 Å². The quantitative estimate of drug-likeness (QED) is 0.0182. The van der Waals surface area contributed by atoms with Gasteiger partial charge in [0.2, 0.25) is 0 Å². The average molecular weight is 804 g/mol. The maximum Gasteiger partial charge on any atom is 0.472 e. The number of unbranched alkanes of at least 4 members (excludes halogenated alkanes) is 8. The summed E-state index contributed by atoms with van der Waals surface area (Å²) in [4.78, 5) is 34.8. The molecule has 0 aromatic carbocycles. The molecule has 11 heteroatoms. The SMILES string of the molecule is CC/C=C\CC(O)/C=C/C=C/C/C=C\C/C=C\C/C=C\CCC(=O)O[C@H](COC(=O)CCCCCCC/C=C\C/C=C\CCCCC)COP(=O)(O)OCCN. The molecule has 0 aliphatic heterocycles. The molecule has 0 heterocycles. The van der Waals surface area contributed by atoms with Gasteiger partial charge in [0.05, 0.1) is 19.3 Å². The number of phosphoric ester groups is 1. The Labute approximate surface area is 339 Å². The number of ether oxygens (including phenoxy) is 2. The first-order valence-electron chi connectivity index (χ1n) is 20.8. The molecule has 0 saturated carbocycles. The molecule has 2 unspecified atom stereocenters. The van der Waals surface area contributed by atoms with Crippen molar-refractivity contribution in [1.82, 2.24) is 0 Å². The first-order chi connectivity index (χ1) is 27.2. The summed E-state index contributed by atoms with van der Waals surface area (Å²) in [5.74, 6) is -0.975. The summed E-state index contributed by atoms with van der Waals surface area (Å²) >= 11 is 0. The van der Waals surface area contributed by atoms with Gasteiger partial charge in [-0.15, -0.1) is 0 Å². The lowest BCUT2D eigenvalue weighted by Gasteiger charge is -2.19. The predicted octanol–water partition coefficient (Wildman–Crippen LogP) is 10.8. The van der Waals surface area contributed by atoms with Crippen molar-refractivity contribution < 1.29 is 42.7 Å². The van der Waals surface area contributed by atoms with E-state index in [2.05, 4.69) is 56.4 Å². The van der Waals surface area contributed by atoms with Crippen LogP contribution in [-0.4, -0.2) is 60.5 Å². The first-order valence-corrected chi connectivity index (χ1v) is 22.3. The van der Waals surface area contributed by atoms with E-state index in [0.29, 0.717) is 19.3 Å². The minimum atomic E-state index is -4.41. The molecular weight excluding hydrogens is 729 g/mol. The Morgan fingerprint density at radius 3 is 1.88 bits per heavy atom. The lowest BCUT2D eigenvalue weighted by Crippen LogP contribution is -2.29. The number of aliphatic hydroxyl groups excluding tert-OH is 1. The Bertz CT molecular complexity index is 1250. The van der Waals surface area contributed by atoms with Crippen LogP contribution in [0.2, 0.25) is 0 Å². The summed E-state index contributed by atoms with van der Waals surface area (Å²) in [6, 6.07) is 0. The number of allylic oxidation sites excluding steroid dienone is 14. The Hall–Kier alpha value is -3.11. The molecule has 0 aromatic heterocycles. The zero-order chi connectivity index (χ0) is 41.2. The van der Waals surface area contributed by atoms with Crippen LogP contribution in [0.3, 0.4) is 0 Å². The molecule has 0 rings (SSSR count). The Morgan fingerprint density at radius 1 is 0.643 bits per heavy atom. The molecule has 0 saturated heterocycles. The lowest BCUT2D eigenvalue weighted by molar-refractivity contribution is -0.161. The summed E-state index contributed by atoms with van der Waals surface area (Å²) in [6.45, 7) is 3.35. The van der Waals surface area contributed by atoms with Crippen LogP contribution < -0.4 is 5.73 Å². The number of rotatable bonds is 37. The minimum Gasteiger partial charge on any atom is -0.462 e.